The first kappa shape index (κ1) is 20.2. The molecule has 1 unspecified atom stereocenters. The summed E-state index contributed by atoms with van der Waals surface area (Å²) >= 11 is 0. The van der Waals surface area contributed by atoms with Gasteiger partial charge in [0, 0.05) is 19.4 Å². The first-order valence-electron chi connectivity index (χ1n) is 8.91. The number of amides is 2. The second kappa shape index (κ2) is 10.8. The number of hydrogen-bond donors (Lipinski definition) is 3. The summed E-state index contributed by atoms with van der Waals surface area (Å²) in [6.45, 7) is -0.139. The monoisotopic (exact) mass is 368 g/mol. The van der Waals surface area contributed by atoms with Crippen molar-refractivity contribution in [2.75, 3.05) is 6.54 Å². The molecule has 0 fully saturated rings. The molecule has 6 heteroatoms. The van der Waals surface area contributed by atoms with Crippen LogP contribution in [0.4, 0.5) is 0 Å². The van der Waals surface area contributed by atoms with Gasteiger partial charge >= 0.3 is 5.97 Å². The van der Waals surface area contributed by atoms with Crippen LogP contribution in [0, 0.1) is 0 Å². The largest absolute Gasteiger partial charge is 0.480 e. The molecule has 0 saturated heterocycles. The number of carboxylic acid groups (broad SMARTS) is 1. The van der Waals surface area contributed by atoms with Crippen LogP contribution in [-0.2, 0) is 27.2 Å². The van der Waals surface area contributed by atoms with Crippen molar-refractivity contribution in [2.24, 2.45) is 0 Å². The van der Waals surface area contributed by atoms with Crippen molar-refractivity contribution < 1.29 is 19.5 Å². The molecule has 3 N–H and O–H groups in total. The average Bonchev–Trinajstić information content (AvgIpc) is 2.69. The Morgan fingerprint density at radius 1 is 0.778 bits per heavy atom. The lowest BCUT2D eigenvalue weighted by atomic mass is 10.1. The Bertz CT molecular complexity index is 747. The number of aliphatic carboxylic acids is 1. The summed E-state index contributed by atoms with van der Waals surface area (Å²) in [6.07, 6.45) is 1.56. The van der Waals surface area contributed by atoms with Gasteiger partial charge in [0.05, 0.1) is 0 Å². The molecule has 0 aliphatic carbocycles. The fraction of sp³-hybridized carbons (Fsp3) is 0.286. The Morgan fingerprint density at radius 3 is 1.74 bits per heavy atom. The van der Waals surface area contributed by atoms with E-state index in [0.717, 1.165) is 11.1 Å². The number of hydrogen-bond acceptors (Lipinski definition) is 3. The van der Waals surface area contributed by atoms with Gasteiger partial charge in [-0.3, -0.25) is 9.59 Å². The minimum atomic E-state index is -1.17. The predicted octanol–water partition coefficient (Wildman–Crippen LogP) is 1.94. The third-order valence-corrected chi connectivity index (χ3v) is 4.10. The summed E-state index contributed by atoms with van der Waals surface area (Å²) in [5.74, 6) is -1.78. The van der Waals surface area contributed by atoms with E-state index in [-0.39, 0.29) is 31.2 Å². The van der Waals surface area contributed by atoms with Gasteiger partial charge in [-0.15, -0.1) is 0 Å². The second-order valence-corrected chi connectivity index (χ2v) is 6.23. The van der Waals surface area contributed by atoms with Gasteiger partial charge in [-0.1, -0.05) is 60.7 Å². The molecule has 0 saturated carbocycles. The summed E-state index contributed by atoms with van der Waals surface area (Å²) in [7, 11) is 0. The highest BCUT2D eigenvalue weighted by atomic mass is 16.4. The van der Waals surface area contributed by atoms with Crippen LogP contribution in [0.3, 0.4) is 0 Å². The van der Waals surface area contributed by atoms with Gasteiger partial charge < -0.3 is 15.7 Å². The summed E-state index contributed by atoms with van der Waals surface area (Å²) in [5, 5.41) is 14.3. The van der Waals surface area contributed by atoms with Crippen molar-refractivity contribution in [3.05, 3.63) is 71.8 Å². The molecule has 0 heterocycles. The third kappa shape index (κ3) is 7.73. The third-order valence-electron chi connectivity index (χ3n) is 4.10. The van der Waals surface area contributed by atoms with E-state index in [1.54, 1.807) is 0 Å². The number of benzene rings is 2. The van der Waals surface area contributed by atoms with E-state index in [1.165, 1.54) is 0 Å². The molecular formula is C21H24N2O4. The number of carboxylic acids is 1. The highest BCUT2D eigenvalue weighted by Crippen LogP contribution is 2.03. The molecule has 0 aromatic heterocycles. The molecular weight excluding hydrogens is 344 g/mol. The zero-order chi connectivity index (χ0) is 19.5. The number of nitrogens with one attached hydrogen (secondary N) is 2. The SMILES string of the molecule is O=C(CCc1ccccc1)NCC(NC(=O)CCc1ccccc1)C(=O)O. The van der Waals surface area contributed by atoms with E-state index in [1.807, 2.05) is 60.7 Å². The molecule has 0 radical (unpaired) electrons. The van der Waals surface area contributed by atoms with Crippen molar-refractivity contribution in [3.63, 3.8) is 0 Å². The fourth-order valence-electron chi connectivity index (χ4n) is 2.58. The first-order valence-corrected chi connectivity index (χ1v) is 8.91. The van der Waals surface area contributed by atoms with Crippen LogP contribution >= 0.6 is 0 Å². The topological polar surface area (TPSA) is 95.5 Å². The van der Waals surface area contributed by atoms with Crippen LogP contribution in [0.1, 0.15) is 24.0 Å². The van der Waals surface area contributed by atoms with Gasteiger partial charge in [0.2, 0.25) is 11.8 Å². The Hall–Kier alpha value is -3.15. The number of rotatable bonds is 10. The molecule has 2 amide bonds. The lowest BCUT2D eigenvalue weighted by Gasteiger charge is -2.15. The molecule has 2 rings (SSSR count). The maximum atomic E-state index is 12.0. The molecule has 142 valence electrons. The standard InChI is InChI=1S/C21H24N2O4/c24-19(13-11-16-7-3-1-4-8-16)22-15-18(21(26)27)23-20(25)14-12-17-9-5-2-6-10-17/h1-10,18H,11-15H2,(H,22,24)(H,23,25)(H,26,27). The molecule has 0 aliphatic rings. The van der Waals surface area contributed by atoms with E-state index in [2.05, 4.69) is 10.6 Å². The van der Waals surface area contributed by atoms with E-state index in [4.69, 9.17) is 0 Å². The summed E-state index contributed by atoms with van der Waals surface area (Å²) < 4.78 is 0. The van der Waals surface area contributed by atoms with Crippen LogP contribution in [0.5, 0.6) is 0 Å². The van der Waals surface area contributed by atoms with Crippen LogP contribution in [-0.4, -0.2) is 35.5 Å². The molecule has 0 spiro atoms. The van der Waals surface area contributed by atoms with E-state index in [0.29, 0.717) is 12.8 Å². The maximum absolute atomic E-state index is 12.0. The lowest BCUT2D eigenvalue weighted by molar-refractivity contribution is -0.141. The Balaban J connectivity index is 1.73. The highest BCUT2D eigenvalue weighted by Gasteiger charge is 2.20. The molecule has 0 bridgehead atoms. The van der Waals surface area contributed by atoms with Gasteiger partial charge in [-0.25, -0.2) is 4.79 Å². The molecule has 0 aliphatic heterocycles. The highest BCUT2D eigenvalue weighted by molar-refractivity contribution is 5.84. The summed E-state index contributed by atoms with van der Waals surface area (Å²) in [6, 6.07) is 17.9. The zero-order valence-electron chi connectivity index (χ0n) is 15.1. The van der Waals surface area contributed by atoms with Gasteiger partial charge in [0.15, 0.2) is 0 Å². The van der Waals surface area contributed by atoms with Crippen molar-refractivity contribution in [1.29, 1.82) is 0 Å². The lowest BCUT2D eigenvalue weighted by Crippen LogP contribution is -2.48. The van der Waals surface area contributed by atoms with Crippen LogP contribution in [0.15, 0.2) is 60.7 Å². The normalized spacial score (nSPS) is 11.4. The van der Waals surface area contributed by atoms with Gasteiger partial charge in [-0.2, -0.15) is 0 Å². The Morgan fingerprint density at radius 2 is 1.26 bits per heavy atom. The van der Waals surface area contributed by atoms with Gasteiger partial charge in [0.25, 0.3) is 0 Å². The van der Waals surface area contributed by atoms with Crippen LogP contribution in [0.2, 0.25) is 0 Å². The maximum Gasteiger partial charge on any atom is 0.328 e. The van der Waals surface area contributed by atoms with E-state index in [9.17, 15) is 19.5 Å². The van der Waals surface area contributed by atoms with Crippen molar-refractivity contribution >= 4 is 17.8 Å². The van der Waals surface area contributed by atoms with Gasteiger partial charge in [0.1, 0.15) is 6.04 Å². The molecule has 1 atom stereocenters. The zero-order valence-corrected chi connectivity index (χ0v) is 15.1. The molecule has 2 aromatic rings. The first-order chi connectivity index (χ1) is 13.0. The summed E-state index contributed by atoms with van der Waals surface area (Å²) in [4.78, 5) is 35.3. The van der Waals surface area contributed by atoms with Crippen LogP contribution in [0.25, 0.3) is 0 Å². The quantitative estimate of drug-likeness (QED) is 0.597. The molecule has 2 aromatic carbocycles. The fourth-order valence-corrected chi connectivity index (χ4v) is 2.58. The minimum absolute atomic E-state index is 0.139. The predicted molar refractivity (Wildman–Crippen MR) is 102 cm³/mol. The minimum Gasteiger partial charge on any atom is -0.480 e. The van der Waals surface area contributed by atoms with Crippen LogP contribution < -0.4 is 10.6 Å². The average molecular weight is 368 g/mol. The van der Waals surface area contributed by atoms with Gasteiger partial charge in [-0.05, 0) is 24.0 Å². The molecule has 27 heavy (non-hydrogen) atoms. The number of carbonyl (C=O) groups excluding carboxylic acids is 2. The smallest absolute Gasteiger partial charge is 0.328 e. The van der Waals surface area contributed by atoms with E-state index < -0.39 is 12.0 Å². The second-order valence-electron chi connectivity index (χ2n) is 6.23. The molecule has 6 nitrogen and oxygen atoms in total. The van der Waals surface area contributed by atoms with Crippen molar-refractivity contribution in [2.45, 2.75) is 31.7 Å². The Kier molecular flexibility index (Phi) is 8.03. The van der Waals surface area contributed by atoms with E-state index >= 15 is 0 Å². The Labute approximate surface area is 158 Å². The van der Waals surface area contributed by atoms with Crippen molar-refractivity contribution in [3.8, 4) is 0 Å². The number of carbonyl (C=O) groups is 3. The summed E-state index contributed by atoms with van der Waals surface area (Å²) in [5.41, 5.74) is 2.05. The number of aryl methyl sites for hydroxylation is 2. The van der Waals surface area contributed by atoms with Crippen molar-refractivity contribution in [1.82, 2.24) is 10.6 Å².